The molecule has 0 saturated heterocycles. The lowest BCUT2D eigenvalue weighted by Gasteiger charge is -2.46. The Kier molecular flexibility index (Phi) is 13.7. The summed E-state index contributed by atoms with van der Waals surface area (Å²) in [6, 6.07) is 93.1. The predicted octanol–water partition coefficient (Wildman–Crippen LogP) is 23.0. The lowest BCUT2D eigenvalue weighted by Crippen LogP contribution is -2.61. The van der Waals surface area contributed by atoms with Gasteiger partial charge in [0.1, 0.15) is 0 Å². The first kappa shape index (κ1) is 60.3. The molecule has 18 rings (SSSR count). The highest BCUT2D eigenvalue weighted by Crippen LogP contribution is 2.57. The van der Waals surface area contributed by atoms with Crippen LogP contribution in [0.1, 0.15) is 86.1 Å². The molecule has 6 heterocycles. The highest BCUT2D eigenvalue weighted by molar-refractivity contribution is 7.23. The number of benzene rings is 12. The van der Waals surface area contributed by atoms with Gasteiger partial charge in [-0.05, 0) is 226 Å². The number of nitrogens with zero attached hydrogens (tertiary/aromatic N) is 4. The molecule has 0 aliphatic carbocycles. The van der Waals surface area contributed by atoms with Gasteiger partial charge in [-0.15, -0.1) is 22.7 Å². The molecule has 0 radical (unpaired) electrons. The number of para-hydroxylation sites is 2. The van der Waals surface area contributed by atoms with Crippen LogP contribution >= 0.6 is 22.7 Å². The summed E-state index contributed by atoms with van der Waals surface area (Å²) in [5.41, 5.74) is 37.5. The molecule has 0 bridgehead atoms. The molecule has 0 amide bonds. The summed E-state index contributed by atoms with van der Waals surface area (Å²) >= 11 is 3.81. The van der Waals surface area contributed by atoms with E-state index in [2.05, 4.69) is 345 Å². The van der Waals surface area contributed by atoms with Crippen molar-refractivity contribution in [1.82, 2.24) is 0 Å². The fourth-order valence-electron chi connectivity index (χ4n) is 17.1. The Morgan fingerprint density at radius 2 is 0.806 bits per heavy atom. The van der Waals surface area contributed by atoms with Gasteiger partial charge in [-0.25, -0.2) is 0 Å². The third-order valence-electron chi connectivity index (χ3n) is 21.5. The van der Waals surface area contributed by atoms with E-state index < -0.39 is 0 Å². The van der Waals surface area contributed by atoms with Gasteiger partial charge in [0.15, 0.2) is 0 Å². The van der Waals surface area contributed by atoms with E-state index >= 15 is 0 Å². The molecule has 0 spiro atoms. The Bertz CT molecular complexity index is 5610. The van der Waals surface area contributed by atoms with Gasteiger partial charge in [0.05, 0.1) is 22.7 Å². The average Bonchev–Trinajstić information content (AvgIpc) is 1.26. The van der Waals surface area contributed by atoms with Crippen LogP contribution < -0.4 is 41.3 Å². The van der Waals surface area contributed by atoms with Crippen molar-refractivity contribution in [3.63, 3.8) is 0 Å². The van der Waals surface area contributed by atoms with Gasteiger partial charge < -0.3 is 19.4 Å². The van der Waals surface area contributed by atoms with Crippen LogP contribution in [0.25, 0.3) is 74.4 Å². The first-order valence-corrected chi connectivity index (χ1v) is 36.3. The average molecular weight is 1300 g/mol. The van der Waals surface area contributed by atoms with Gasteiger partial charge >= 0.3 is 6.98 Å². The van der Waals surface area contributed by atoms with Crippen LogP contribution in [0.3, 0.4) is 0 Å². The maximum Gasteiger partial charge on any atom is 0.421 e. The molecule has 98 heavy (non-hydrogen) atoms. The zero-order chi connectivity index (χ0) is 66.9. The molecule has 2 aromatic heterocycles. The van der Waals surface area contributed by atoms with Crippen molar-refractivity contribution in [2.75, 3.05) is 19.4 Å². The van der Waals surface area contributed by atoms with E-state index in [0.29, 0.717) is 0 Å². The number of hydrogen-bond donors (Lipinski definition) is 0. The minimum atomic E-state index is -0.166. The molecule has 4 nitrogen and oxygen atoms in total. The molecule has 0 saturated carbocycles. The first-order chi connectivity index (χ1) is 47.4. The minimum absolute atomic E-state index is 0.0402. The summed E-state index contributed by atoms with van der Waals surface area (Å²) in [5.74, 6) is 0. The summed E-state index contributed by atoms with van der Waals surface area (Å²) in [6.45, 7) is 28.0. The zero-order valence-corrected chi connectivity index (χ0v) is 59.5. The molecule has 474 valence electrons. The molecular weight excluding hydrogens is 1220 g/mol. The number of thiophene rings is 2. The van der Waals surface area contributed by atoms with Crippen molar-refractivity contribution >= 4 is 135 Å². The summed E-state index contributed by atoms with van der Waals surface area (Å²) in [6.07, 6.45) is 0. The van der Waals surface area contributed by atoms with Crippen LogP contribution in [0.5, 0.6) is 0 Å². The number of anilines is 10. The largest absolute Gasteiger partial charge is 0.421 e. The SMILES string of the molecule is Cc1cc2c3c(c1)N(c1c(C)cc(-c4sc5ccccc5c4-c4ccccc4)cc1C)c1cc4c(cc1B3c1ccc(C(C)(C)C)cc1N2c1c(C)cc(-c2sc3ccccc3c2-c2ccccc2)cc1C)N1B(c2c(C)cc(C(C)(C)C)cc2-c2ccccc21)N4c1ccccc1. The lowest BCUT2D eigenvalue weighted by atomic mass is 9.33. The van der Waals surface area contributed by atoms with Gasteiger partial charge in [0.25, 0.3) is 6.71 Å². The van der Waals surface area contributed by atoms with Crippen LogP contribution in [0.15, 0.2) is 243 Å². The van der Waals surface area contributed by atoms with Gasteiger partial charge in [-0.1, -0.05) is 205 Å². The van der Waals surface area contributed by atoms with Crippen molar-refractivity contribution < 1.29 is 0 Å². The number of hydrogen-bond acceptors (Lipinski definition) is 6. The second-order valence-corrected chi connectivity index (χ2v) is 32.1. The summed E-state index contributed by atoms with van der Waals surface area (Å²) in [5, 5.41) is 2.59. The molecule has 4 aliphatic heterocycles. The predicted molar refractivity (Wildman–Crippen MR) is 427 cm³/mol. The van der Waals surface area contributed by atoms with E-state index in [1.165, 1.54) is 192 Å². The third kappa shape index (κ3) is 9.16. The van der Waals surface area contributed by atoms with Crippen LogP contribution in [-0.2, 0) is 10.8 Å². The van der Waals surface area contributed by atoms with Gasteiger partial charge in [-0.2, -0.15) is 0 Å². The maximum absolute atomic E-state index is 2.71. The van der Waals surface area contributed by atoms with Gasteiger partial charge in [-0.3, -0.25) is 0 Å². The summed E-state index contributed by atoms with van der Waals surface area (Å²) in [7, 11) is 0. The van der Waals surface area contributed by atoms with Crippen molar-refractivity contribution in [1.29, 1.82) is 0 Å². The fourth-order valence-corrected chi connectivity index (χ4v) is 19.5. The molecule has 0 unspecified atom stereocenters. The highest BCUT2D eigenvalue weighted by Gasteiger charge is 2.52. The Morgan fingerprint density at radius 3 is 1.35 bits per heavy atom. The Labute approximate surface area is 586 Å². The van der Waals surface area contributed by atoms with E-state index in [1.54, 1.807) is 0 Å². The second-order valence-electron chi connectivity index (χ2n) is 30.0. The van der Waals surface area contributed by atoms with E-state index in [4.69, 9.17) is 0 Å². The van der Waals surface area contributed by atoms with E-state index in [-0.39, 0.29) is 24.5 Å². The van der Waals surface area contributed by atoms with Crippen LogP contribution in [0.2, 0.25) is 0 Å². The maximum atomic E-state index is 2.71. The molecule has 0 N–H and O–H groups in total. The first-order valence-electron chi connectivity index (χ1n) is 34.7. The molecule has 8 heteroatoms. The van der Waals surface area contributed by atoms with E-state index in [9.17, 15) is 0 Å². The van der Waals surface area contributed by atoms with Gasteiger partial charge in [0.2, 0.25) is 0 Å². The summed E-state index contributed by atoms with van der Waals surface area (Å²) in [4.78, 5) is 13.4. The smallest absolute Gasteiger partial charge is 0.360 e. The summed E-state index contributed by atoms with van der Waals surface area (Å²) < 4.78 is 2.59. The van der Waals surface area contributed by atoms with Crippen molar-refractivity contribution in [3.8, 4) is 54.3 Å². The molecule has 4 aliphatic rings. The highest BCUT2D eigenvalue weighted by atomic mass is 32.1. The number of aryl methyl sites for hydroxylation is 6. The Balaban J connectivity index is 0.916. The van der Waals surface area contributed by atoms with E-state index in [0.717, 1.165) is 5.69 Å². The van der Waals surface area contributed by atoms with Crippen molar-refractivity contribution in [2.24, 2.45) is 0 Å². The number of fused-ring (bicyclic) bond motifs is 14. The third-order valence-corrected chi connectivity index (χ3v) is 23.9. The molecule has 14 aromatic rings. The topological polar surface area (TPSA) is 13.0 Å². The minimum Gasteiger partial charge on any atom is -0.360 e. The molecule has 0 fully saturated rings. The van der Waals surface area contributed by atoms with E-state index in [1.807, 2.05) is 22.7 Å². The lowest BCUT2D eigenvalue weighted by molar-refractivity contribution is 0.590. The number of rotatable bonds is 7. The van der Waals surface area contributed by atoms with Crippen molar-refractivity contribution in [2.45, 2.75) is 93.9 Å². The fraction of sp³-hybridized carbons (Fsp3) is 0.156. The zero-order valence-electron chi connectivity index (χ0n) is 57.9. The second kappa shape index (κ2) is 22.2. The molecule has 0 atom stereocenters. The molecular formula is C90H76B2N4S2. The Hall–Kier alpha value is -10.1. The quantitative estimate of drug-likeness (QED) is 0.147. The van der Waals surface area contributed by atoms with Crippen molar-refractivity contribution in [3.05, 3.63) is 287 Å². The van der Waals surface area contributed by atoms with Crippen LogP contribution in [-0.4, -0.2) is 13.7 Å². The standard InChI is InChI=1S/C90H76B2N4S2/c1-53-42-77-84-78(43-53)94(86-57(5)46-62(47-58(86)6)88-82(60-30-18-14-19-31-60)68-36-24-27-39-80(68)98-88)74-52-76-75(96-72-37-25-22-34-66(72)69-49-64(90(10,11)12)48-54(2)83(69)92(96)95(76)65-32-20-15-21-33-65)51-71(74)91(84)70-41-40-63(89(7,8)9)50-73(70)93(77)85-55(3)44-61(45-56(85)4)87-81(59-28-16-13-17-29-59)67-35-23-26-38-79(67)97-87/h13-52H,1-12H3. The monoisotopic (exact) mass is 1300 g/mol. The normalized spacial score (nSPS) is 13.6. The molecule has 12 aromatic carbocycles. The van der Waals surface area contributed by atoms with Gasteiger partial charge in [0, 0.05) is 80.7 Å². The van der Waals surface area contributed by atoms with Crippen LogP contribution in [0.4, 0.5) is 56.9 Å². The Morgan fingerprint density at radius 1 is 0.327 bits per heavy atom. The van der Waals surface area contributed by atoms with Crippen LogP contribution in [0, 0.1) is 41.5 Å².